The Balaban J connectivity index is 1.85. The quantitative estimate of drug-likeness (QED) is 0.733. The third-order valence-corrected chi connectivity index (χ3v) is 3.96. The molecular weight excluding hydrogens is 266 g/mol. The first-order chi connectivity index (χ1) is 10.2. The SMILES string of the molecule is NC(=O)C(NC(=O)CCC1CCNCC1)c1ccccc1. The number of primary amides is 1. The molecule has 1 unspecified atom stereocenters. The highest BCUT2D eigenvalue weighted by molar-refractivity contribution is 5.87. The van der Waals surface area contributed by atoms with E-state index in [2.05, 4.69) is 10.6 Å². The predicted octanol–water partition coefficient (Wildman–Crippen LogP) is 1.11. The van der Waals surface area contributed by atoms with Crippen molar-refractivity contribution in [2.24, 2.45) is 11.7 Å². The third kappa shape index (κ3) is 4.86. The molecule has 0 radical (unpaired) electrons. The van der Waals surface area contributed by atoms with Gasteiger partial charge in [-0.3, -0.25) is 9.59 Å². The summed E-state index contributed by atoms with van der Waals surface area (Å²) in [5.41, 5.74) is 6.12. The summed E-state index contributed by atoms with van der Waals surface area (Å²) in [5.74, 6) is -0.0432. The summed E-state index contributed by atoms with van der Waals surface area (Å²) in [6.07, 6.45) is 3.55. The summed E-state index contributed by atoms with van der Waals surface area (Å²) in [6.45, 7) is 2.06. The van der Waals surface area contributed by atoms with Gasteiger partial charge in [0, 0.05) is 6.42 Å². The van der Waals surface area contributed by atoms with Crippen LogP contribution in [-0.4, -0.2) is 24.9 Å². The van der Waals surface area contributed by atoms with Gasteiger partial charge in [0.1, 0.15) is 6.04 Å². The van der Waals surface area contributed by atoms with Gasteiger partial charge >= 0.3 is 0 Å². The van der Waals surface area contributed by atoms with E-state index >= 15 is 0 Å². The van der Waals surface area contributed by atoms with E-state index in [4.69, 9.17) is 5.73 Å². The number of nitrogens with two attached hydrogens (primary N) is 1. The van der Waals surface area contributed by atoms with Crippen LogP contribution in [0.25, 0.3) is 0 Å². The number of amides is 2. The highest BCUT2D eigenvalue weighted by atomic mass is 16.2. The third-order valence-electron chi connectivity index (χ3n) is 3.96. The molecule has 1 heterocycles. The highest BCUT2D eigenvalue weighted by Crippen LogP contribution is 2.18. The molecule has 5 nitrogen and oxygen atoms in total. The maximum atomic E-state index is 12.0. The second-order valence-electron chi connectivity index (χ2n) is 5.55. The topological polar surface area (TPSA) is 84.2 Å². The fourth-order valence-electron chi connectivity index (χ4n) is 2.70. The molecule has 4 N–H and O–H groups in total. The molecule has 114 valence electrons. The van der Waals surface area contributed by atoms with E-state index < -0.39 is 11.9 Å². The molecule has 0 spiro atoms. The number of hydrogen-bond donors (Lipinski definition) is 3. The van der Waals surface area contributed by atoms with Gasteiger partial charge in [0.2, 0.25) is 11.8 Å². The average molecular weight is 289 g/mol. The lowest BCUT2D eigenvalue weighted by Gasteiger charge is -2.22. The number of carbonyl (C=O) groups is 2. The van der Waals surface area contributed by atoms with Crippen LogP contribution in [0.4, 0.5) is 0 Å². The Bertz CT molecular complexity index is 470. The van der Waals surface area contributed by atoms with Gasteiger partial charge in [-0.05, 0) is 43.8 Å². The minimum Gasteiger partial charge on any atom is -0.368 e. The van der Waals surface area contributed by atoms with Crippen molar-refractivity contribution in [2.75, 3.05) is 13.1 Å². The van der Waals surface area contributed by atoms with Crippen LogP contribution in [0.2, 0.25) is 0 Å². The molecule has 1 saturated heterocycles. The normalized spacial score (nSPS) is 17.1. The molecule has 1 fully saturated rings. The summed E-state index contributed by atoms with van der Waals surface area (Å²) < 4.78 is 0. The smallest absolute Gasteiger partial charge is 0.244 e. The molecule has 2 amide bonds. The number of benzene rings is 1. The first-order valence-electron chi connectivity index (χ1n) is 7.51. The van der Waals surface area contributed by atoms with Crippen LogP contribution in [0.15, 0.2) is 30.3 Å². The zero-order valence-electron chi connectivity index (χ0n) is 12.2. The van der Waals surface area contributed by atoms with E-state index in [9.17, 15) is 9.59 Å². The van der Waals surface area contributed by atoms with Crippen molar-refractivity contribution >= 4 is 11.8 Å². The molecule has 1 aliphatic heterocycles. The Kier molecular flexibility index (Phi) is 5.75. The molecule has 1 aromatic carbocycles. The van der Waals surface area contributed by atoms with Gasteiger partial charge in [-0.2, -0.15) is 0 Å². The number of carbonyl (C=O) groups excluding carboxylic acids is 2. The lowest BCUT2D eigenvalue weighted by Crippen LogP contribution is -2.37. The van der Waals surface area contributed by atoms with Gasteiger partial charge in [-0.25, -0.2) is 0 Å². The summed E-state index contributed by atoms with van der Waals surface area (Å²) in [4.78, 5) is 23.6. The number of nitrogens with one attached hydrogen (secondary N) is 2. The maximum Gasteiger partial charge on any atom is 0.244 e. The first kappa shape index (κ1) is 15.5. The second-order valence-corrected chi connectivity index (χ2v) is 5.55. The zero-order valence-corrected chi connectivity index (χ0v) is 12.2. The zero-order chi connectivity index (χ0) is 15.1. The largest absolute Gasteiger partial charge is 0.368 e. The fraction of sp³-hybridized carbons (Fsp3) is 0.500. The number of piperidine rings is 1. The van der Waals surface area contributed by atoms with Crippen LogP contribution in [0, 0.1) is 5.92 Å². The molecule has 5 heteroatoms. The second kappa shape index (κ2) is 7.78. The van der Waals surface area contributed by atoms with E-state index in [-0.39, 0.29) is 5.91 Å². The summed E-state index contributed by atoms with van der Waals surface area (Å²) in [5, 5.41) is 6.05. The van der Waals surface area contributed by atoms with Gasteiger partial charge in [0.15, 0.2) is 0 Å². The highest BCUT2D eigenvalue weighted by Gasteiger charge is 2.21. The summed E-state index contributed by atoms with van der Waals surface area (Å²) >= 11 is 0. The van der Waals surface area contributed by atoms with E-state index in [0.717, 1.165) is 37.9 Å². The first-order valence-corrected chi connectivity index (χ1v) is 7.51. The van der Waals surface area contributed by atoms with Crippen LogP contribution in [0.3, 0.4) is 0 Å². The van der Waals surface area contributed by atoms with E-state index in [1.165, 1.54) is 0 Å². The van der Waals surface area contributed by atoms with Gasteiger partial charge in [0.25, 0.3) is 0 Å². The van der Waals surface area contributed by atoms with Gasteiger partial charge in [-0.1, -0.05) is 30.3 Å². The Morgan fingerprint density at radius 3 is 2.52 bits per heavy atom. The van der Waals surface area contributed by atoms with Crippen molar-refractivity contribution in [1.82, 2.24) is 10.6 Å². The van der Waals surface area contributed by atoms with Gasteiger partial charge in [0.05, 0.1) is 0 Å². The van der Waals surface area contributed by atoms with Crippen LogP contribution in [-0.2, 0) is 9.59 Å². The van der Waals surface area contributed by atoms with Crippen LogP contribution in [0.1, 0.15) is 37.3 Å². The predicted molar refractivity (Wildman–Crippen MR) is 81.3 cm³/mol. The molecule has 1 atom stereocenters. The summed E-state index contributed by atoms with van der Waals surface area (Å²) in [7, 11) is 0. The Morgan fingerprint density at radius 1 is 1.24 bits per heavy atom. The fourth-order valence-corrected chi connectivity index (χ4v) is 2.70. The van der Waals surface area contributed by atoms with E-state index in [1.54, 1.807) is 12.1 Å². The maximum absolute atomic E-state index is 12.0. The van der Waals surface area contributed by atoms with Crippen LogP contribution in [0.5, 0.6) is 0 Å². The lowest BCUT2D eigenvalue weighted by molar-refractivity contribution is -0.127. The van der Waals surface area contributed by atoms with Crippen molar-refractivity contribution in [1.29, 1.82) is 0 Å². The van der Waals surface area contributed by atoms with E-state index in [0.29, 0.717) is 12.3 Å². The van der Waals surface area contributed by atoms with E-state index in [1.807, 2.05) is 18.2 Å². The molecule has 1 aliphatic rings. The summed E-state index contributed by atoms with van der Waals surface area (Å²) in [6, 6.07) is 8.36. The molecular formula is C16H23N3O2. The van der Waals surface area contributed by atoms with Crippen molar-refractivity contribution in [2.45, 2.75) is 31.7 Å². The number of hydrogen-bond acceptors (Lipinski definition) is 3. The molecule has 1 aromatic rings. The van der Waals surface area contributed by atoms with Crippen molar-refractivity contribution in [3.63, 3.8) is 0 Å². The van der Waals surface area contributed by atoms with Crippen molar-refractivity contribution in [3.05, 3.63) is 35.9 Å². The Morgan fingerprint density at radius 2 is 1.90 bits per heavy atom. The van der Waals surface area contributed by atoms with Crippen LogP contribution < -0.4 is 16.4 Å². The lowest BCUT2D eigenvalue weighted by atomic mass is 9.93. The van der Waals surface area contributed by atoms with Gasteiger partial charge < -0.3 is 16.4 Å². The molecule has 0 bridgehead atoms. The molecule has 2 rings (SSSR count). The molecule has 0 saturated carbocycles. The standard InChI is InChI=1S/C16H23N3O2/c17-16(21)15(13-4-2-1-3-5-13)19-14(20)7-6-12-8-10-18-11-9-12/h1-5,12,15,18H,6-11H2,(H2,17,21)(H,19,20). The minimum atomic E-state index is -0.744. The Hall–Kier alpha value is -1.88. The van der Waals surface area contributed by atoms with Crippen LogP contribution >= 0.6 is 0 Å². The molecule has 0 aliphatic carbocycles. The van der Waals surface area contributed by atoms with Crippen molar-refractivity contribution in [3.8, 4) is 0 Å². The van der Waals surface area contributed by atoms with Crippen molar-refractivity contribution < 1.29 is 9.59 Å². The minimum absolute atomic E-state index is 0.110. The molecule has 0 aromatic heterocycles. The Labute approximate surface area is 125 Å². The average Bonchev–Trinajstić information content (AvgIpc) is 2.52. The van der Waals surface area contributed by atoms with Gasteiger partial charge in [-0.15, -0.1) is 0 Å². The number of rotatable bonds is 6. The molecule has 21 heavy (non-hydrogen) atoms. The monoisotopic (exact) mass is 289 g/mol.